The van der Waals surface area contributed by atoms with Crippen LogP contribution >= 0.6 is 22.9 Å². The summed E-state index contributed by atoms with van der Waals surface area (Å²) in [5, 5.41) is 3.68. The molecule has 152 valence electrons. The van der Waals surface area contributed by atoms with Gasteiger partial charge in [0.15, 0.2) is 5.13 Å². The number of anilines is 2. The van der Waals surface area contributed by atoms with Crippen LogP contribution in [0.5, 0.6) is 0 Å². The Morgan fingerprint density at radius 3 is 2.40 bits per heavy atom. The van der Waals surface area contributed by atoms with Gasteiger partial charge in [-0.05, 0) is 61.5 Å². The standard InChI is InChI=1S/C21H16ClN3O3S2/c1-13-2-4-14(5-3-13)20(26)24-21-23-18-12-16(8-11-19(18)29-21)25-30(27,28)17-9-6-15(22)7-10-17/h2-12,25H,1H3,(H,23,24,26). The van der Waals surface area contributed by atoms with Gasteiger partial charge in [0.1, 0.15) is 0 Å². The number of nitrogens with zero attached hydrogens (tertiary/aromatic N) is 1. The number of benzene rings is 3. The van der Waals surface area contributed by atoms with Crippen LogP contribution in [0.25, 0.3) is 10.2 Å². The number of aromatic nitrogens is 1. The van der Waals surface area contributed by atoms with Gasteiger partial charge in [-0.1, -0.05) is 40.6 Å². The first kappa shape index (κ1) is 20.3. The van der Waals surface area contributed by atoms with Crippen LogP contribution in [-0.4, -0.2) is 19.3 Å². The third-order valence-electron chi connectivity index (χ3n) is 4.30. The van der Waals surface area contributed by atoms with Crippen molar-refractivity contribution in [3.63, 3.8) is 0 Å². The average molecular weight is 458 g/mol. The predicted octanol–water partition coefficient (Wildman–Crippen LogP) is 5.31. The highest BCUT2D eigenvalue weighted by molar-refractivity contribution is 7.92. The molecule has 0 spiro atoms. The lowest BCUT2D eigenvalue weighted by molar-refractivity contribution is 0.102. The normalized spacial score (nSPS) is 11.4. The van der Waals surface area contributed by atoms with Gasteiger partial charge >= 0.3 is 0 Å². The minimum absolute atomic E-state index is 0.108. The van der Waals surface area contributed by atoms with Crippen molar-refractivity contribution in [2.24, 2.45) is 0 Å². The highest BCUT2D eigenvalue weighted by atomic mass is 35.5. The van der Waals surface area contributed by atoms with Crippen molar-refractivity contribution in [1.82, 2.24) is 4.98 Å². The number of carbonyl (C=O) groups is 1. The summed E-state index contributed by atoms with van der Waals surface area (Å²) in [5.41, 5.74) is 2.56. The molecule has 0 unspecified atom stereocenters. The van der Waals surface area contributed by atoms with Gasteiger partial charge in [0.05, 0.1) is 20.8 Å². The number of carbonyl (C=O) groups excluding carboxylic acids is 1. The minimum Gasteiger partial charge on any atom is -0.298 e. The second kappa shape index (κ2) is 8.06. The number of amides is 1. The largest absolute Gasteiger partial charge is 0.298 e. The van der Waals surface area contributed by atoms with Crippen molar-refractivity contribution in [2.45, 2.75) is 11.8 Å². The number of rotatable bonds is 5. The Hall–Kier alpha value is -2.94. The fourth-order valence-electron chi connectivity index (χ4n) is 2.75. The number of sulfonamides is 1. The van der Waals surface area contributed by atoms with E-state index < -0.39 is 10.0 Å². The van der Waals surface area contributed by atoms with Gasteiger partial charge in [0.25, 0.3) is 15.9 Å². The zero-order valence-electron chi connectivity index (χ0n) is 15.7. The quantitative estimate of drug-likeness (QED) is 0.425. The van der Waals surface area contributed by atoms with Gasteiger partial charge in [-0.2, -0.15) is 0 Å². The van der Waals surface area contributed by atoms with E-state index in [9.17, 15) is 13.2 Å². The molecule has 0 aliphatic rings. The number of nitrogens with one attached hydrogen (secondary N) is 2. The maximum atomic E-state index is 12.6. The van der Waals surface area contributed by atoms with Gasteiger partial charge in [-0.15, -0.1) is 0 Å². The van der Waals surface area contributed by atoms with Crippen molar-refractivity contribution in [2.75, 3.05) is 10.0 Å². The molecule has 9 heteroatoms. The Bertz CT molecular complexity index is 1330. The van der Waals surface area contributed by atoms with Crippen molar-refractivity contribution in [3.8, 4) is 0 Å². The number of halogens is 1. The molecule has 1 heterocycles. The monoisotopic (exact) mass is 457 g/mol. The highest BCUT2D eigenvalue weighted by Crippen LogP contribution is 2.29. The molecule has 1 aromatic heterocycles. The molecule has 0 atom stereocenters. The van der Waals surface area contributed by atoms with E-state index in [1.807, 2.05) is 19.1 Å². The second-order valence-corrected chi connectivity index (χ2v) is 9.73. The highest BCUT2D eigenvalue weighted by Gasteiger charge is 2.15. The second-order valence-electron chi connectivity index (χ2n) is 6.58. The lowest BCUT2D eigenvalue weighted by Gasteiger charge is -2.08. The van der Waals surface area contributed by atoms with E-state index >= 15 is 0 Å². The number of thiazole rings is 1. The Balaban J connectivity index is 1.54. The molecule has 4 aromatic rings. The van der Waals surface area contributed by atoms with Crippen molar-refractivity contribution in [3.05, 3.63) is 82.9 Å². The molecule has 0 bridgehead atoms. The summed E-state index contributed by atoms with van der Waals surface area (Å²) in [6.07, 6.45) is 0. The average Bonchev–Trinajstić information content (AvgIpc) is 3.10. The SMILES string of the molecule is Cc1ccc(C(=O)Nc2nc3cc(NS(=O)(=O)c4ccc(Cl)cc4)ccc3s2)cc1. The maximum Gasteiger partial charge on any atom is 0.261 e. The Morgan fingerprint density at radius 2 is 1.70 bits per heavy atom. The van der Waals surface area contributed by atoms with Crippen molar-refractivity contribution in [1.29, 1.82) is 0 Å². The molecule has 0 saturated heterocycles. The smallest absolute Gasteiger partial charge is 0.261 e. The zero-order valence-corrected chi connectivity index (χ0v) is 18.1. The minimum atomic E-state index is -3.75. The Kier molecular flexibility index (Phi) is 5.46. The van der Waals surface area contributed by atoms with Gasteiger partial charge in [-0.25, -0.2) is 13.4 Å². The molecule has 0 aliphatic carbocycles. The number of fused-ring (bicyclic) bond motifs is 1. The van der Waals surface area contributed by atoms with Gasteiger partial charge in [0, 0.05) is 10.6 Å². The fourth-order valence-corrected chi connectivity index (χ4v) is 4.76. The lowest BCUT2D eigenvalue weighted by Crippen LogP contribution is -2.12. The van der Waals surface area contributed by atoms with Crippen LogP contribution in [0.4, 0.5) is 10.8 Å². The molecule has 0 saturated carbocycles. The third-order valence-corrected chi connectivity index (χ3v) is 6.90. The van der Waals surface area contributed by atoms with Crippen LogP contribution in [0, 0.1) is 6.92 Å². The predicted molar refractivity (Wildman–Crippen MR) is 121 cm³/mol. The van der Waals surface area contributed by atoms with Crippen LogP contribution in [0.2, 0.25) is 5.02 Å². The number of hydrogen-bond donors (Lipinski definition) is 2. The van der Waals surface area contributed by atoms with Crippen LogP contribution in [0.1, 0.15) is 15.9 Å². The summed E-state index contributed by atoms with van der Waals surface area (Å²) >= 11 is 7.13. The first-order valence-corrected chi connectivity index (χ1v) is 11.5. The molecule has 1 amide bonds. The summed E-state index contributed by atoms with van der Waals surface area (Å²) < 4.78 is 28.5. The number of hydrogen-bond acceptors (Lipinski definition) is 5. The van der Waals surface area contributed by atoms with E-state index in [-0.39, 0.29) is 10.8 Å². The van der Waals surface area contributed by atoms with Crippen LogP contribution in [0.3, 0.4) is 0 Å². The molecular weight excluding hydrogens is 442 g/mol. The van der Waals surface area contributed by atoms with Crippen LogP contribution in [0.15, 0.2) is 71.6 Å². The molecule has 3 aromatic carbocycles. The molecule has 0 radical (unpaired) electrons. The van der Waals surface area contributed by atoms with E-state index in [0.29, 0.717) is 26.9 Å². The summed E-state index contributed by atoms with van der Waals surface area (Å²) in [6.45, 7) is 1.95. The maximum absolute atomic E-state index is 12.6. The number of aryl methyl sites for hydroxylation is 1. The van der Waals surface area contributed by atoms with Gasteiger partial charge in [-0.3, -0.25) is 14.8 Å². The molecule has 2 N–H and O–H groups in total. The van der Waals surface area contributed by atoms with Gasteiger partial charge in [0.2, 0.25) is 0 Å². The zero-order chi connectivity index (χ0) is 21.3. The van der Waals surface area contributed by atoms with Crippen molar-refractivity contribution < 1.29 is 13.2 Å². The van der Waals surface area contributed by atoms with Crippen LogP contribution < -0.4 is 10.0 Å². The summed E-state index contributed by atoms with van der Waals surface area (Å²) in [4.78, 5) is 16.9. The van der Waals surface area contributed by atoms with Gasteiger partial charge < -0.3 is 0 Å². The molecule has 4 rings (SSSR count). The molecular formula is C21H16ClN3O3S2. The van der Waals surface area contributed by atoms with E-state index in [1.165, 1.54) is 35.6 Å². The van der Waals surface area contributed by atoms with Crippen LogP contribution in [-0.2, 0) is 10.0 Å². The lowest BCUT2D eigenvalue weighted by atomic mass is 10.1. The van der Waals surface area contributed by atoms with E-state index in [4.69, 9.17) is 11.6 Å². The fraction of sp³-hybridized carbons (Fsp3) is 0.0476. The molecule has 30 heavy (non-hydrogen) atoms. The van der Waals surface area contributed by atoms with E-state index in [1.54, 1.807) is 30.3 Å². The summed E-state index contributed by atoms with van der Waals surface area (Å²) in [5.74, 6) is -0.252. The third kappa shape index (κ3) is 4.46. The van der Waals surface area contributed by atoms with E-state index in [0.717, 1.165) is 10.3 Å². The first-order chi connectivity index (χ1) is 14.3. The molecule has 6 nitrogen and oxygen atoms in total. The molecule has 0 aliphatic heterocycles. The van der Waals surface area contributed by atoms with Crippen molar-refractivity contribution >= 4 is 59.9 Å². The topological polar surface area (TPSA) is 88.2 Å². The summed E-state index contributed by atoms with van der Waals surface area (Å²) in [7, 11) is -3.75. The Labute approximate surface area is 182 Å². The van der Waals surface area contributed by atoms with E-state index in [2.05, 4.69) is 15.0 Å². The molecule has 0 fully saturated rings. The summed E-state index contributed by atoms with van der Waals surface area (Å²) in [6, 6.07) is 18.2. The first-order valence-electron chi connectivity index (χ1n) is 8.87. The Morgan fingerprint density at radius 1 is 1.00 bits per heavy atom.